The van der Waals surface area contributed by atoms with Crippen molar-refractivity contribution >= 4 is 57.3 Å². The van der Waals surface area contributed by atoms with Crippen LogP contribution in [0.15, 0.2) is 30.5 Å². The highest BCUT2D eigenvalue weighted by Crippen LogP contribution is 2.49. The molecule has 5 atom stereocenters. The molecule has 2 aliphatic rings. The maximum absolute atomic E-state index is 13.2. The van der Waals surface area contributed by atoms with Gasteiger partial charge in [-0.15, -0.1) is 0 Å². The number of aromatic nitrogens is 4. The van der Waals surface area contributed by atoms with Gasteiger partial charge < -0.3 is 24.1 Å². The Morgan fingerprint density at radius 3 is 2.52 bits per heavy atom. The molecule has 0 amide bonds. The Balaban J connectivity index is 1.42. The summed E-state index contributed by atoms with van der Waals surface area (Å²) in [6, 6.07) is 7.42. The number of benzene rings is 1. The van der Waals surface area contributed by atoms with Crippen LogP contribution in [-0.4, -0.2) is 75.8 Å². The van der Waals surface area contributed by atoms with Crippen molar-refractivity contribution in [2.24, 2.45) is 0 Å². The largest absolute Gasteiger partial charge is 0.365 e. The van der Waals surface area contributed by atoms with Crippen molar-refractivity contribution in [3.63, 3.8) is 0 Å². The van der Waals surface area contributed by atoms with Gasteiger partial charge in [0.25, 0.3) is 0 Å². The Kier molecular flexibility index (Phi) is 8.47. The number of nitrogens with zero attached hydrogens (tertiary/aromatic N) is 4. The predicted molar refractivity (Wildman–Crippen MR) is 160 cm³/mol. The fourth-order valence-electron chi connectivity index (χ4n) is 5.30. The number of rotatable bonds is 9. The Hall–Kier alpha value is -1.83. The van der Waals surface area contributed by atoms with Gasteiger partial charge >= 0.3 is 0 Å². The first-order valence-electron chi connectivity index (χ1n) is 13.3. The molecule has 1 aromatic carbocycles. The van der Waals surface area contributed by atoms with E-state index in [0.29, 0.717) is 28.4 Å². The second kappa shape index (κ2) is 11.3. The normalized spacial score (nSPS) is 25.4. The van der Waals surface area contributed by atoms with Crippen molar-refractivity contribution in [3.05, 3.63) is 46.3 Å². The number of hydrogen-bond donors (Lipinski definition) is 1. The van der Waals surface area contributed by atoms with Gasteiger partial charge in [-0.05, 0) is 57.8 Å². The SMILES string of the molecule is CC(C)(C)OP(C)(=O)CS(=O)(=O)C[C@H]1O[C@@H](n2ncc3c(NCc4ccccc4Cl)nc(Cl)nc32)[C@@H]2OC(C)(C)O[C@@H]21. The number of nitrogens with one attached hydrogen (secondary N) is 1. The van der Waals surface area contributed by atoms with Crippen LogP contribution in [0.2, 0.25) is 10.3 Å². The minimum Gasteiger partial charge on any atom is -0.365 e. The van der Waals surface area contributed by atoms with Gasteiger partial charge in [0.2, 0.25) is 12.7 Å². The molecule has 2 aliphatic heterocycles. The van der Waals surface area contributed by atoms with E-state index in [1.165, 1.54) is 11.3 Å². The molecule has 4 heterocycles. The molecule has 16 heteroatoms. The fraction of sp³-hybridized carbons (Fsp3) is 0.577. The van der Waals surface area contributed by atoms with E-state index in [1.54, 1.807) is 46.9 Å². The van der Waals surface area contributed by atoms with Gasteiger partial charge in [-0.25, -0.2) is 13.1 Å². The molecule has 2 saturated heterocycles. The summed E-state index contributed by atoms with van der Waals surface area (Å²) in [5, 5.41) is 8.88. The summed E-state index contributed by atoms with van der Waals surface area (Å²) in [5.41, 5.74) is -0.174. The number of fused-ring (bicyclic) bond motifs is 2. The van der Waals surface area contributed by atoms with Crippen LogP contribution in [0, 0.1) is 0 Å². The van der Waals surface area contributed by atoms with Gasteiger partial charge in [0.05, 0.1) is 22.9 Å². The molecule has 42 heavy (non-hydrogen) atoms. The highest BCUT2D eigenvalue weighted by molar-refractivity contribution is 7.98. The number of sulfone groups is 1. The number of hydrogen-bond acceptors (Lipinski definition) is 11. The number of halogens is 2. The lowest BCUT2D eigenvalue weighted by atomic mass is 10.1. The Morgan fingerprint density at radius 1 is 1.14 bits per heavy atom. The zero-order valence-corrected chi connectivity index (χ0v) is 27.3. The van der Waals surface area contributed by atoms with Crippen molar-refractivity contribution in [1.29, 1.82) is 0 Å². The van der Waals surface area contributed by atoms with Crippen molar-refractivity contribution in [3.8, 4) is 0 Å². The minimum atomic E-state index is -3.90. The second-order valence-electron chi connectivity index (χ2n) is 12.0. The quantitative estimate of drug-likeness (QED) is 0.237. The summed E-state index contributed by atoms with van der Waals surface area (Å²) < 4.78 is 65.1. The summed E-state index contributed by atoms with van der Waals surface area (Å²) in [6.45, 7) is 10.3. The summed E-state index contributed by atoms with van der Waals surface area (Å²) in [6.07, 6.45) is -1.71. The fourth-order valence-corrected chi connectivity index (χ4v) is 11.1. The lowest BCUT2D eigenvalue weighted by Gasteiger charge is -2.26. The first kappa shape index (κ1) is 31.6. The van der Waals surface area contributed by atoms with Crippen LogP contribution in [0.1, 0.15) is 46.4 Å². The Bertz CT molecular complexity index is 1650. The van der Waals surface area contributed by atoms with Crippen LogP contribution in [0.3, 0.4) is 0 Å². The van der Waals surface area contributed by atoms with Crippen LogP contribution in [0.4, 0.5) is 5.82 Å². The third-order valence-electron chi connectivity index (χ3n) is 6.51. The van der Waals surface area contributed by atoms with E-state index in [-0.39, 0.29) is 5.28 Å². The van der Waals surface area contributed by atoms with Crippen molar-refractivity contribution in [2.45, 2.75) is 77.1 Å². The van der Waals surface area contributed by atoms with Crippen LogP contribution in [0.5, 0.6) is 0 Å². The van der Waals surface area contributed by atoms with Gasteiger partial charge in [0.1, 0.15) is 29.6 Å². The van der Waals surface area contributed by atoms with Gasteiger partial charge in [-0.3, -0.25) is 4.57 Å². The van der Waals surface area contributed by atoms with E-state index in [2.05, 4.69) is 20.4 Å². The third kappa shape index (κ3) is 7.10. The molecule has 2 fully saturated rings. The van der Waals surface area contributed by atoms with E-state index >= 15 is 0 Å². The summed E-state index contributed by atoms with van der Waals surface area (Å²) in [7, 11) is -7.37. The van der Waals surface area contributed by atoms with E-state index in [0.717, 1.165) is 5.56 Å². The summed E-state index contributed by atoms with van der Waals surface area (Å²) in [5.74, 6) is -1.02. The molecule has 12 nitrogen and oxygen atoms in total. The lowest BCUT2D eigenvalue weighted by molar-refractivity contribution is -0.195. The summed E-state index contributed by atoms with van der Waals surface area (Å²) in [4.78, 5) is 8.72. The molecule has 0 radical (unpaired) electrons. The smallest absolute Gasteiger partial charge is 0.226 e. The molecule has 230 valence electrons. The van der Waals surface area contributed by atoms with Crippen LogP contribution >= 0.6 is 30.6 Å². The number of anilines is 1. The molecule has 1 N–H and O–H groups in total. The molecule has 0 bridgehead atoms. The van der Waals surface area contributed by atoms with Crippen LogP contribution < -0.4 is 5.32 Å². The lowest BCUT2D eigenvalue weighted by Crippen LogP contribution is -2.35. The second-order valence-corrected chi connectivity index (χ2v) is 17.8. The minimum absolute atomic E-state index is 0.0268. The molecule has 0 aliphatic carbocycles. The molecule has 2 aromatic heterocycles. The average molecular weight is 663 g/mol. The van der Waals surface area contributed by atoms with E-state index in [9.17, 15) is 13.0 Å². The molecule has 0 saturated carbocycles. The molecule has 3 aromatic rings. The molecule has 5 rings (SSSR count). The maximum Gasteiger partial charge on any atom is 0.226 e. The average Bonchev–Trinajstić information content (AvgIpc) is 3.47. The molecule has 1 unspecified atom stereocenters. The van der Waals surface area contributed by atoms with E-state index < -0.39 is 64.4 Å². The highest BCUT2D eigenvalue weighted by atomic mass is 35.5. The maximum atomic E-state index is 13.2. The molecular weight excluding hydrogens is 628 g/mol. The van der Waals surface area contributed by atoms with Gasteiger partial charge in [0, 0.05) is 18.2 Å². The summed E-state index contributed by atoms with van der Waals surface area (Å²) >= 11 is 12.6. The standard InChI is InChI=1S/C26H34Cl2N5O7PS/c1-25(2,3)40-41(6,34)14-42(35,36)13-18-19-20(39-26(4,5)38-19)23(37-18)33-22-16(12-30-33)21(31-24(28)32-22)29-11-15-9-7-8-10-17(15)27/h7-10,12,18-20,23H,11,13-14H2,1-6H3,(H,29,31,32)/t18-,19-,20-,23-,41?/m1/s1. The molecular formula is C26H34Cl2N5O7PS. The first-order chi connectivity index (χ1) is 19.4. The monoisotopic (exact) mass is 661 g/mol. The van der Waals surface area contributed by atoms with E-state index in [1.807, 2.05) is 18.2 Å². The predicted octanol–water partition coefficient (Wildman–Crippen LogP) is 5.26. The van der Waals surface area contributed by atoms with Gasteiger partial charge in [-0.2, -0.15) is 15.1 Å². The zero-order valence-electron chi connectivity index (χ0n) is 24.1. The van der Waals surface area contributed by atoms with Crippen molar-refractivity contribution in [2.75, 3.05) is 23.2 Å². The first-order valence-corrected chi connectivity index (χ1v) is 18.1. The Labute approximate surface area is 254 Å². The van der Waals surface area contributed by atoms with Crippen LogP contribution in [-0.2, 0) is 39.7 Å². The highest BCUT2D eigenvalue weighted by Gasteiger charge is 2.57. The third-order valence-corrected chi connectivity index (χ3v) is 12.3. The van der Waals surface area contributed by atoms with Gasteiger partial charge in [0.15, 0.2) is 27.5 Å². The van der Waals surface area contributed by atoms with E-state index in [4.69, 9.17) is 41.9 Å². The number of ether oxygens (including phenoxy) is 3. The zero-order chi connectivity index (χ0) is 30.7. The Morgan fingerprint density at radius 2 is 1.83 bits per heavy atom. The van der Waals surface area contributed by atoms with Gasteiger partial charge in [-0.1, -0.05) is 29.8 Å². The molecule has 0 spiro atoms. The van der Waals surface area contributed by atoms with Crippen molar-refractivity contribution in [1.82, 2.24) is 19.7 Å². The van der Waals surface area contributed by atoms with Crippen molar-refractivity contribution < 1.29 is 31.7 Å². The van der Waals surface area contributed by atoms with Crippen LogP contribution in [0.25, 0.3) is 11.0 Å². The topological polar surface area (TPSA) is 144 Å².